The van der Waals surface area contributed by atoms with Crippen molar-refractivity contribution < 1.29 is 17.9 Å². The fraction of sp³-hybridized carbons (Fsp3) is 0.0870. The summed E-state index contributed by atoms with van der Waals surface area (Å²) in [7, 11) is 0. The van der Waals surface area contributed by atoms with E-state index < -0.39 is 6.36 Å². The Kier molecular flexibility index (Phi) is 6.98. The van der Waals surface area contributed by atoms with Crippen molar-refractivity contribution in [3.05, 3.63) is 89.4 Å². The molecule has 172 valence electrons. The first-order valence-electron chi connectivity index (χ1n) is 9.90. The van der Waals surface area contributed by atoms with Crippen molar-refractivity contribution in [1.82, 2.24) is 15.0 Å². The summed E-state index contributed by atoms with van der Waals surface area (Å²) >= 11 is 5.94. The van der Waals surface area contributed by atoms with E-state index in [-0.39, 0.29) is 24.2 Å². The van der Waals surface area contributed by atoms with Crippen LogP contribution >= 0.6 is 11.6 Å². The zero-order chi connectivity index (χ0) is 24.0. The summed E-state index contributed by atoms with van der Waals surface area (Å²) in [6.07, 6.45) is -4.74. The van der Waals surface area contributed by atoms with E-state index >= 15 is 0 Å². The standard InChI is InChI=1S/C23H16ClF3N6O/c24-17-8-10-18(11-9-17)29-21-30-20(16-4-2-1-3-5-16)31-22(32-21)33-28-14-15-6-12-19(13-7-15)34-23(25,26)27/h1-13H,14H2,(H,29,30,31,32). The first-order chi connectivity index (χ1) is 16.3. The maximum absolute atomic E-state index is 12.3. The lowest BCUT2D eigenvalue weighted by Crippen LogP contribution is -2.16. The summed E-state index contributed by atoms with van der Waals surface area (Å²) < 4.78 is 40.7. The topological polar surface area (TPSA) is 84.7 Å². The van der Waals surface area contributed by atoms with Crippen LogP contribution in [0.1, 0.15) is 5.56 Å². The number of azo groups is 1. The first-order valence-corrected chi connectivity index (χ1v) is 10.3. The summed E-state index contributed by atoms with van der Waals surface area (Å²) in [4.78, 5) is 13.1. The average Bonchev–Trinajstić information content (AvgIpc) is 2.81. The van der Waals surface area contributed by atoms with Crippen molar-refractivity contribution in [2.45, 2.75) is 12.9 Å². The fourth-order valence-electron chi connectivity index (χ4n) is 2.82. The van der Waals surface area contributed by atoms with E-state index in [9.17, 15) is 13.2 Å². The maximum atomic E-state index is 12.3. The van der Waals surface area contributed by atoms with Gasteiger partial charge in [-0.25, -0.2) is 0 Å². The number of hydrogen-bond donors (Lipinski definition) is 1. The summed E-state index contributed by atoms with van der Waals surface area (Å²) in [5.41, 5.74) is 2.12. The van der Waals surface area contributed by atoms with Gasteiger partial charge in [-0.15, -0.1) is 18.3 Å². The van der Waals surface area contributed by atoms with Gasteiger partial charge in [0.1, 0.15) is 5.75 Å². The molecule has 0 spiro atoms. The minimum absolute atomic E-state index is 0.0716. The van der Waals surface area contributed by atoms with Gasteiger partial charge in [0, 0.05) is 16.3 Å². The lowest BCUT2D eigenvalue weighted by atomic mass is 10.2. The van der Waals surface area contributed by atoms with Gasteiger partial charge in [-0.2, -0.15) is 20.1 Å². The highest BCUT2D eigenvalue weighted by Gasteiger charge is 2.30. The number of halogens is 4. The molecular weight excluding hydrogens is 469 g/mol. The van der Waals surface area contributed by atoms with Crippen LogP contribution in [0, 0.1) is 0 Å². The summed E-state index contributed by atoms with van der Waals surface area (Å²) in [5, 5.41) is 11.8. The van der Waals surface area contributed by atoms with Gasteiger partial charge < -0.3 is 10.1 Å². The highest BCUT2D eigenvalue weighted by atomic mass is 35.5. The molecule has 1 aromatic heterocycles. The fourth-order valence-corrected chi connectivity index (χ4v) is 2.95. The molecule has 0 fully saturated rings. The number of alkyl halides is 3. The second kappa shape index (κ2) is 10.3. The number of rotatable bonds is 7. The molecule has 4 aromatic rings. The average molecular weight is 485 g/mol. The molecule has 0 aliphatic heterocycles. The molecule has 0 aliphatic rings. The van der Waals surface area contributed by atoms with E-state index in [4.69, 9.17) is 11.6 Å². The molecule has 0 amide bonds. The van der Waals surface area contributed by atoms with Crippen molar-refractivity contribution in [3.63, 3.8) is 0 Å². The number of nitrogens with one attached hydrogen (secondary N) is 1. The molecule has 1 N–H and O–H groups in total. The van der Waals surface area contributed by atoms with Crippen LogP contribution in [0.3, 0.4) is 0 Å². The van der Waals surface area contributed by atoms with Gasteiger partial charge in [-0.05, 0) is 42.0 Å². The molecule has 1 heterocycles. The monoisotopic (exact) mass is 484 g/mol. The van der Waals surface area contributed by atoms with Crippen LogP contribution in [0.15, 0.2) is 89.1 Å². The molecule has 0 saturated heterocycles. The van der Waals surface area contributed by atoms with Gasteiger partial charge in [0.15, 0.2) is 5.82 Å². The molecule has 0 unspecified atom stereocenters. The normalized spacial score (nSPS) is 11.5. The van der Waals surface area contributed by atoms with Crippen molar-refractivity contribution in [1.29, 1.82) is 0 Å². The Morgan fingerprint density at radius 1 is 0.853 bits per heavy atom. The Bertz CT molecular complexity index is 1270. The lowest BCUT2D eigenvalue weighted by Gasteiger charge is -2.08. The van der Waals surface area contributed by atoms with E-state index in [1.54, 1.807) is 24.3 Å². The number of ether oxygens (including phenoxy) is 1. The minimum atomic E-state index is -4.74. The van der Waals surface area contributed by atoms with E-state index in [1.165, 1.54) is 24.3 Å². The van der Waals surface area contributed by atoms with Crippen LogP contribution in [-0.4, -0.2) is 21.3 Å². The van der Waals surface area contributed by atoms with Gasteiger partial charge in [0.05, 0.1) is 6.54 Å². The molecule has 11 heteroatoms. The Balaban J connectivity index is 1.54. The highest BCUT2D eigenvalue weighted by molar-refractivity contribution is 6.30. The zero-order valence-corrected chi connectivity index (χ0v) is 18.1. The largest absolute Gasteiger partial charge is 0.573 e. The predicted molar refractivity (Wildman–Crippen MR) is 121 cm³/mol. The zero-order valence-electron chi connectivity index (χ0n) is 17.4. The Labute approximate surface area is 197 Å². The second-order valence-electron chi connectivity index (χ2n) is 6.87. The molecule has 0 atom stereocenters. The molecule has 0 radical (unpaired) electrons. The lowest BCUT2D eigenvalue weighted by molar-refractivity contribution is -0.274. The first kappa shape index (κ1) is 23.1. The molecule has 0 saturated carbocycles. The third-order valence-electron chi connectivity index (χ3n) is 4.33. The van der Waals surface area contributed by atoms with Crippen LogP contribution in [0.2, 0.25) is 5.02 Å². The Morgan fingerprint density at radius 3 is 2.24 bits per heavy atom. The predicted octanol–water partition coefficient (Wildman–Crippen LogP) is 7.12. The summed E-state index contributed by atoms with van der Waals surface area (Å²) in [6, 6.07) is 21.7. The number of anilines is 2. The molecule has 4 rings (SSSR count). The van der Waals surface area contributed by atoms with Crippen LogP contribution in [-0.2, 0) is 6.54 Å². The van der Waals surface area contributed by atoms with Gasteiger partial charge >= 0.3 is 6.36 Å². The molecule has 3 aromatic carbocycles. The molecular formula is C23H16ClF3N6O. The van der Waals surface area contributed by atoms with Crippen LogP contribution in [0.25, 0.3) is 11.4 Å². The van der Waals surface area contributed by atoms with Gasteiger partial charge in [0.2, 0.25) is 5.95 Å². The molecule has 7 nitrogen and oxygen atoms in total. The van der Waals surface area contributed by atoms with E-state index in [0.29, 0.717) is 16.4 Å². The third kappa shape index (κ3) is 6.72. The van der Waals surface area contributed by atoms with Gasteiger partial charge in [0.25, 0.3) is 5.95 Å². The molecule has 0 aliphatic carbocycles. The summed E-state index contributed by atoms with van der Waals surface area (Å²) in [6.45, 7) is 0.110. The third-order valence-corrected chi connectivity index (χ3v) is 4.58. The Hall–Kier alpha value is -4.05. The van der Waals surface area contributed by atoms with Crippen molar-refractivity contribution in [2.24, 2.45) is 10.2 Å². The van der Waals surface area contributed by atoms with Crippen LogP contribution in [0.5, 0.6) is 5.75 Å². The van der Waals surface area contributed by atoms with Crippen LogP contribution in [0.4, 0.5) is 30.8 Å². The number of aromatic nitrogens is 3. The van der Waals surface area contributed by atoms with Crippen molar-refractivity contribution in [2.75, 3.05) is 5.32 Å². The Morgan fingerprint density at radius 2 is 1.56 bits per heavy atom. The number of hydrogen-bond acceptors (Lipinski definition) is 7. The quantitative estimate of drug-likeness (QED) is 0.282. The maximum Gasteiger partial charge on any atom is 0.573 e. The number of nitrogens with zero attached hydrogens (tertiary/aromatic N) is 5. The molecule has 34 heavy (non-hydrogen) atoms. The van der Waals surface area contributed by atoms with E-state index in [0.717, 1.165) is 11.3 Å². The number of benzene rings is 3. The van der Waals surface area contributed by atoms with Crippen LogP contribution < -0.4 is 10.1 Å². The van der Waals surface area contributed by atoms with Gasteiger partial charge in [-0.3, -0.25) is 0 Å². The minimum Gasteiger partial charge on any atom is -0.406 e. The van der Waals surface area contributed by atoms with Crippen molar-refractivity contribution >= 4 is 29.2 Å². The summed E-state index contributed by atoms with van der Waals surface area (Å²) in [5.74, 6) is 0.423. The van der Waals surface area contributed by atoms with E-state index in [1.807, 2.05) is 30.3 Å². The SMILES string of the molecule is FC(F)(F)Oc1ccc(CN=Nc2nc(Nc3ccc(Cl)cc3)nc(-c3ccccc3)n2)cc1. The van der Waals surface area contributed by atoms with Gasteiger partial charge in [-0.1, -0.05) is 54.1 Å². The smallest absolute Gasteiger partial charge is 0.406 e. The van der Waals surface area contributed by atoms with E-state index in [2.05, 4.69) is 35.2 Å². The van der Waals surface area contributed by atoms with Crippen molar-refractivity contribution in [3.8, 4) is 17.1 Å². The highest BCUT2D eigenvalue weighted by Crippen LogP contribution is 2.24. The molecule has 0 bridgehead atoms. The second-order valence-corrected chi connectivity index (χ2v) is 7.31.